The predicted molar refractivity (Wildman–Crippen MR) is 125 cm³/mol. The van der Waals surface area contributed by atoms with Crippen LogP contribution in [0.15, 0.2) is 35.4 Å². The number of imide groups is 1. The fourth-order valence-corrected chi connectivity index (χ4v) is 4.62. The summed E-state index contributed by atoms with van der Waals surface area (Å²) in [7, 11) is -1.31. The van der Waals surface area contributed by atoms with Crippen molar-refractivity contribution >= 4 is 25.9 Å². The molecule has 0 spiro atoms. The maximum Gasteiger partial charge on any atom is 0.417 e. The summed E-state index contributed by atoms with van der Waals surface area (Å²) >= 11 is 0. The zero-order chi connectivity index (χ0) is 25.8. The Morgan fingerprint density at radius 1 is 1.26 bits per heavy atom. The summed E-state index contributed by atoms with van der Waals surface area (Å²) in [6, 6.07) is 8.93. The third-order valence-electron chi connectivity index (χ3n) is 5.79. The van der Waals surface area contributed by atoms with Crippen LogP contribution in [-0.4, -0.2) is 61.4 Å². The van der Waals surface area contributed by atoms with E-state index in [1.165, 1.54) is 5.01 Å². The van der Waals surface area contributed by atoms with Crippen LogP contribution < -0.4 is 11.1 Å². The van der Waals surface area contributed by atoms with E-state index in [1.54, 1.807) is 37.3 Å². The lowest BCUT2D eigenvalue weighted by molar-refractivity contribution is -0.158. The highest BCUT2D eigenvalue weighted by Crippen LogP contribution is 2.36. The maximum absolute atomic E-state index is 13.4. The smallest absolute Gasteiger partial charge is 0.417 e. The van der Waals surface area contributed by atoms with Crippen LogP contribution in [0, 0.1) is 5.92 Å². The molecular weight excluding hydrogens is 483 g/mol. The molecule has 1 saturated heterocycles. The number of nitrogens with one attached hydrogen (secondary N) is 2. The van der Waals surface area contributed by atoms with E-state index in [2.05, 4.69) is 35.8 Å². The summed E-state index contributed by atoms with van der Waals surface area (Å²) in [5.74, 6) is -2.34. The van der Waals surface area contributed by atoms with E-state index >= 15 is 0 Å². The van der Waals surface area contributed by atoms with Gasteiger partial charge in [-0.25, -0.2) is 20.2 Å². The van der Waals surface area contributed by atoms with E-state index in [0.29, 0.717) is 12.2 Å². The topological polar surface area (TPSA) is 95.5 Å². The van der Waals surface area contributed by atoms with E-state index in [0.717, 1.165) is 10.9 Å². The van der Waals surface area contributed by atoms with Crippen LogP contribution in [0.2, 0.25) is 25.7 Å². The first-order valence-corrected chi connectivity index (χ1v) is 15.1. The third-order valence-corrected chi connectivity index (χ3v) is 7.49. The molecule has 194 valence electrons. The Morgan fingerprint density at radius 3 is 2.57 bits per heavy atom. The highest BCUT2D eigenvalue weighted by molar-refractivity contribution is 6.76. The van der Waals surface area contributed by atoms with Gasteiger partial charge in [0.25, 0.3) is 0 Å². The Bertz CT molecular complexity index is 926. The number of ether oxygens (including phenoxy) is 2. The summed E-state index contributed by atoms with van der Waals surface area (Å²) in [5.41, 5.74) is 5.85. The van der Waals surface area contributed by atoms with Gasteiger partial charge in [-0.2, -0.15) is 13.2 Å². The monoisotopic (exact) mass is 515 g/mol. The number of carbonyl (C=O) groups excluding carboxylic acids is 2. The van der Waals surface area contributed by atoms with E-state index in [4.69, 9.17) is 9.47 Å². The molecular formula is C22H32F3N5O4Si. The first-order valence-electron chi connectivity index (χ1n) is 11.4. The number of benzene rings is 1. The maximum atomic E-state index is 13.4. The largest absolute Gasteiger partial charge is 0.439 e. The molecule has 3 atom stereocenters. The number of hydrogen-bond acceptors (Lipinski definition) is 8. The summed E-state index contributed by atoms with van der Waals surface area (Å²) in [6.45, 7) is 8.75. The van der Waals surface area contributed by atoms with Crippen molar-refractivity contribution < 1.29 is 32.2 Å². The van der Waals surface area contributed by atoms with Gasteiger partial charge in [0.2, 0.25) is 5.91 Å². The van der Waals surface area contributed by atoms with Crippen molar-refractivity contribution in [2.45, 2.75) is 63.8 Å². The van der Waals surface area contributed by atoms with Gasteiger partial charge in [0.15, 0.2) is 0 Å². The Morgan fingerprint density at radius 2 is 1.94 bits per heavy atom. The van der Waals surface area contributed by atoms with Gasteiger partial charge in [-0.15, -0.1) is 10.6 Å². The molecule has 0 unspecified atom stereocenters. The van der Waals surface area contributed by atoms with E-state index in [9.17, 15) is 22.8 Å². The number of hydrazone groups is 1. The van der Waals surface area contributed by atoms with Crippen LogP contribution in [0.4, 0.5) is 18.0 Å². The van der Waals surface area contributed by atoms with Crippen molar-refractivity contribution in [2.75, 3.05) is 13.3 Å². The molecule has 9 nitrogen and oxygen atoms in total. The van der Waals surface area contributed by atoms with Crippen LogP contribution in [-0.2, 0) is 14.3 Å². The van der Waals surface area contributed by atoms with Crippen LogP contribution in [0.3, 0.4) is 0 Å². The lowest BCUT2D eigenvalue weighted by atomic mass is 9.96. The molecule has 2 aliphatic heterocycles. The van der Waals surface area contributed by atoms with Gasteiger partial charge in [-0.3, -0.25) is 4.79 Å². The minimum absolute atomic E-state index is 0.0431. The molecule has 2 amide bonds. The number of alkyl halides is 3. The Labute approximate surface area is 203 Å². The Kier molecular flexibility index (Phi) is 8.44. The molecule has 2 aliphatic rings. The molecule has 0 aliphatic carbocycles. The Balaban J connectivity index is 1.70. The number of rotatable bonds is 10. The second kappa shape index (κ2) is 11.0. The summed E-state index contributed by atoms with van der Waals surface area (Å²) in [5, 5.41) is 5.40. The second-order valence-electron chi connectivity index (χ2n) is 9.91. The standard InChI is InChI=1S/C22H32F3N5O4Si/c1-15-19(16-8-6-5-7-9-16)34-21(32)30(15)20(31)17(13-22(23,24)25)12-18-26-27-28-29(18)14-33-10-11-35(2,3)4/h5-9,15,17,19,27-28H,10-14H2,1-4H3/t15-,17-,19-/m1/s1. The Hall–Kier alpha value is -2.64. The average Bonchev–Trinajstić information content (AvgIpc) is 3.32. The fraction of sp³-hybridized carbons (Fsp3) is 0.591. The number of hydrazine groups is 2. The summed E-state index contributed by atoms with van der Waals surface area (Å²) in [4.78, 5) is 26.6. The number of cyclic esters (lactones) is 1. The molecule has 1 fully saturated rings. The van der Waals surface area contributed by atoms with Crippen LogP contribution in [0.25, 0.3) is 0 Å². The number of nitrogens with zero attached hydrogens (tertiary/aromatic N) is 3. The van der Waals surface area contributed by atoms with Crippen LogP contribution in [0.5, 0.6) is 0 Å². The molecule has 3 rings (SSSR count). The molecule has 0 saturated carbocycles. The van der Waals surface area contributed by atoms with Gasteiger partial charge < -0.3 is 9.47 Å². The van der Waals surface area contributed by atoms with Gasteiger partial charge in [-0.1, -0.05) is 50.0 Å². The van der Waals surface area contributed by atoms with Crippen molar-refractivity contribution in [1.82, 2.24) is 21.0 Å². The van der Waals surface area contributed by atoms with Gasteiger partial charge in [0.05, 0.1) is 18.4 Å². The predicted octanol–water partition coefficient (Wildman–Crippen LogP) is 4.00. The van der Waals surface area contributed by atoms with Crippen molar-refractivity contribution in [3.63, 3.8) is 0 Å². The molecule has 0 radical (unpaired) electrons. The fourth-order valence-electron chi connectivity index (χ4n) is 3.86. The molecule has 35 heavy (non-hydrogen) atoms. The molecule has 1 aromatic carbocycles. The van der Waals surface area contributed by atoms with Gasteiger partial charge >= 0.3 is 12.3 Å². The minimum Gasteiger partial charge on any atom is -0.439 e. The molecule has 1 aromatic rings. The SMILES string of the molecule is C[C@@H]1[C@H](c2ccccc2)OC(=O)N1C(=O)[C@H](CC1=NNNN1COCC[Si](C)(C)C)CC(F)(F)F. The first kappa shape index (κ1) is 27.0. The average molecular weight is 516 g/mol. The van der Waals surface area contributed by atoms with Crippen molar-refractivity contribution in [3.05, 3.63) is 35.9 Å². The normalized spacial score (nSPS) is 21.6. The number of hydrogen-bond donors (Lipinski definition) is 2. The van der Waals surface area contributed by atoms with E-state index in [-0.39, 0.29) is 19.0 Å². The first-order chi connectivity index (χ1) is 16.4. The number of carbonyl (C=O) groups is 2. The zero-order valence-corrected chi connectivity index (χ0v) is 21.3. The highest BCUT2D eigenvalue weighted by Gasteiger charge is 2.48. The van der Waals surface area contributed by atoms with Gasteiger partial charge in [-0.05, 0) is 18.5 Å². The second-order valence-corrected chi connectivity index (χ2v) is 15.5. The lowest BCUT2D eigenvalue weighted by Gasteiger charge is -2.27. The molecule has 0 aromatic heterocycles. The number of amidine groups is 1. The number of halogens is 3. The van der Waals surface area contributed by atoms with E-state index in [1.807, 2.05) is 0 Å². The number of amides is 2. The van der Waals surface area contributed by atoms with Crippen molar-refractivity contribution in [1.29, 1.82) is 0 Å². The van der Waals surface area contributed by atoms with Gasteiger partial charge in [0.1, 0.15) is 18.7 Å². The summed E-state index contributed by atoms with van der Waals surface area (Å²) < 4.78 is 51.3. The molecule has 2 N–H and O–H groups in total. The third kappa shape index (κ3) is 7.42. The minimum atomic E-state index is -4.62. The molecule has 13 heteroatoms. The van der Waals surface area contributed by atoms with Crippen LogP contribution >= 0.6 is 0 Å². The highest BCUT2D eigenvalue weighted by atomic mass is 28.3. The van der Waals surface area contributed by atoms with Crippen LogP contribution in [0.1, 0.15) is 31.4 Å². The molecule has 0 bridgehead atoms. The quantitative estimate of drug-likeness (QED) is 0.359. The van der Waals surface area contributed by atoms with Crippen molar-refractivity contribution in [3.8, 4) is 0 Å². The van der Waals surface area contributed by atoms with Crippen molar-refractivity contribution in [2.24, 2.45) is 11.0 Å². The van der Waals surface area contributed by atoms with E-state index < -0.39 is 50.7 Å². The zero-order valence-electron chi connectivity index (χ0n) is 20.3. The summed E-state index contributed by atoms with van der Waals surface area (Å²) in [6.07, 6.45) is -8.09. The van der Waals surface area contributed by atoms with Gasteiger partial charge in [0, 0.05) is 21.1 Å². The lowest BCUT2D eigenvalue weighted by Crippen LogP contribution is -2.46. The molecule has 2 heterocycles.